The molecule has 2 aromatic carbocycles. The van der Waals surface area contributed by atoms with E-state index in [4.69, 9.17) is 0 Å². The van der Waals surface area contributed by atoms with Crippen molar-refractivity contribution in [2.45, 2.75) is 13.0 Å². The first kappa shape index (κ1) is 13.3. The van der Waals surface area contributed by atoms with Crippen molar-refractivity contribution in [3.8, 4) is 11.3 Å². The SMILES string of the molecule is CC(/C=C/c1ccccc1)n1cc(-c2ccccc2)nn1. The van der Waals surface area contributed by atoms with Crippen LogP contribution in [0.3, 0.4) is 0 Å². The Morgan fingerprint density at radius 1 is 0.952 bits per heavy atom. The van der Waals surface area contributed by atoms with Gasteiger partial charge >= 0.3 is 0 Å². The Kier molecular flexibility index (Phi) is 3.92. The van der Waals surface area contributed by atoms with Crippen LogP contribution < -0.4 is 0 Å². The molecule has 0 spiro atoms. The van der Waals surface area contributed by atoms with Crippen LogP contribution in [0, 0.1) is 0 Å². The molecule has 0 aliphatic carbocycles. The fraction of sp³-hybridized carbons (Fsp3) is 0.111. The van der Waals surface area contributed by atoms with Crippen LogP contribution in [0.2, 0.25) is 0 Å². The lowest BCUT2D eigenvalue weighted by Gasteiger charge is -2.04. The van der Waals surface area contributed by atoms with Gasteiger partial charge < -0.3 is 0 Å². The molecule has 0 amide bonds. The molecule has 1 unspecified atom stereocenters. The topological polar surface area (TPSA) is 30.7 Å². The molecule has 0 radical (unpaired) electrons. The Morgan fingerprint density at radius 2 is 1.62 bits per heavy atom. The lowest BCUT2D eigenvalue weighted by molar-refractivity contribution is 0.559. The zero-order valence-corrected chi connectivity index (χ0v) is 11.9. The van der Waals surface area contributed by atoms with Crippen molar-refractivity contribution in [1.29, 1.82) is 0 Å². The Bertz CT molecular complexity index is 714. The van der Waals surface area contributed by atoms with Crippen molar-refractivity contribution in [2.24, 2.45) is 0 Å². The quantitative estimate of drug-likeness (QED) is 0.713. The first-order valence-electron chi connectivity index (χ1n) is 7.03. The summed E-state index contributed by atoms with van der Waals surface area (Å²) in [6.45, 7) is 2.10. The number of benzene rings is 2. The molecule has 0 aliphatic heterocycles. The highest BCUT2D eigenvalue weighted by molar-refractivity contribution is 5.57. The maximum absolute atomic E-state index is 4.24. The van der Waals surface area contributed by atoms with Crippen molar-refractivity contribution in [3.63, 3.8) is 0 Å². The second-order valence-electron chi connectivity index (χ2n) is 4.96. The minimum atomic E-state index is 0.162. The summed E-state index contributed by atoms with van der Waals surface area (Å²) >= 11 is 0. The normalized spacial score (nSPS) is 12.6. The molecule has 0 fully saturated rings. The van der Waals surface area contributed by atoms with Gasteiger partial charge in [0.25, 0.3) is 0 Å². The number of aromatic nitrogens is 3. The van der Waals surface area contributed by atoms with Gasteiger partial charge in [0, 0.05) is 5.56 Å². The second kappa shape index (κ2) is 6.18. The molecular weight excluding hydrogens is 258 g/mol. The van der Waals surface area contributed by atoms with Crippen molar-refractivity contribution in [1.82, 2.24) is 15.0 Å². The Labute approximate surface area is 124 Å². The van der Waals surface area contributed by atoms with Crippen LogP contribution in [0.15, 0.2) is 72.9 Å². The van der Waals surface area contributed by atoms with Crippen LogP contribution in [0.4, 0.5) is 0 Å². The molecule has 3 nitrogen and oxygen atoms in total. The molecule has 0 N–H and O–H groups in total. The highest BCUT2D eigenvalue weighted by atomic mass is 15.4. The van der Waals surface area contributed by atoms with E-state index in [1.165, 1.54) is 5.56 Å². The molecule has 3 aromatic rings. The van der Waals surface area contributed by atoms with Gasteiger partial charge in [-0.1, -0.05) is 78.0 Å². The van der Waals surface area contributed by atoms with Gasteiger partial charge in [0.05, 0.1) is 12.2 Å². The minimum Gasteiger partial charge on any atom is -0.245 e. The van der Waals surface area contributed by atoms with Gasteiger partial charge in [0.1, 0.15) is 5.69 Å². The fourth-order valence-electron chi connectivity index (χ4n) is 2.12. The van der Waals surface area contributed by atoms with E-state index in [2.05, 4.69) is 41.5 Å². The maximum Gasteiger partial charge on any atom is 0.113 e. The predicted octanol–water partition coefficient (Wildman–Crippen LogP) is 4.22. The van der Waals surface area contributed by atoms with Crippen LogP contribution in [-0.4, -0.2) is 15.0 Å². The van der Waals surface area contributed by atoms with Crippen LogP contribution in [0.25, 0.3) is 17.3 Å². The molecule has 0 bridgehead atoms. The van der Waals surface area contributed by atoms with E-state index in [-0.39, 0.29) is 6.04 Å². The number of nitrogens with zero attached hydrogens (tertiary/aromatic N) is 3. The van der Waals surface area contributed by atoms with Crippen molar-refractivity contribution in [2.75, 3.05) is 0 Å². The van der Waals surface area contributed by atoms with E-state index in [0.717, 1.165) is 11.3 Å². The largest absolute Gasteiger partial charge is 0.245 e. The summed E-state index contributed by atoms with van der Waals surface area (Å²) in [4.78, 5) is 0. The third kappa shape index (κ3) is 3.26. The van der Waals surface area contributed by atoms with E-state index in [0.29, 0.717) is 0 Å². The number of hydrogen-bond donors (Lipinski definition) is 0. The summed E-state index contributed by atoms with van der Waals surface area (Å²) in [5.74, 6) is 0. The van der Waals surface area contributed by atoms with Gasteiger partial charge in [-0.3, -0.25) is 0 Å². The van der Waals surface area contributed by atoms with Crippen LogP contribution in [0.1, 0.15) is 18.5 Å². The van der Waals surface area contributed by atoms with E-state index in [1.54, 1.807) is 0 Å². The molecule has 0 aliphatic rings. The Morgan fingerprint density at radius 3 is 2.33 bits per heavy atom. The van der Waals surface area contributed by atoms with Crippen LogP contribution in [0.5, 0.6) is 0 Å². The predicted molar refractivity (Wildman–Crippen MR) is 85.6 cm³/mol. The average molecular weight is 275 g/mol. The third-order valence-corrected chi connectivity index (χ3v) is 3.36. The highest BCUT2D eigenvalue weighted by Gasteiger charge is 2.06. The molecule has 1 heterocycles. The summed E-state index contributed by atoms with van der Waals surface area (Å²) in [6.07, 6.45) is 6.21. The molecule has 3 rings (SSSR count). The zero-order chi connectivity index (χ0) is 14.5. The van der Waals surface area contributed by atoms with Crippen LogP contribution in [-0.2, 0) is 0 Å². The van der Waals surface area contributed by atoms with Gasteiger partial charge in [0.2, 0.25) is 0 Å². The monoisotopic (exact) mass is 275 g/mol. The number of hydrogen-bond acceptors (Lipinski definition) is 2. The second-order valence-corrected chi connectivity index (χ2v) is 4.96. The van der Waals surface area contributed by atoms with Gasteiger partial charge in [-0.05, 0) is 12.5 Å². The highest BCUT2D eigenvalue weighted by Crippen LogP contribution is 2.17. The standard InChI is InChI=1S/C18H17N3/c1-15(12-13-16-8-4-2-5-9-16)21-14-18(19-20-21)17-10-6-3-7-11-17/h2-15H,1H3/b13-12+. The Balaban J connectivity index is 1.76. The van der Waals surface area contributed by atoms with Gasteiger partial charge in [0.15, 0.2) is 0 Å². The number of rotatable bonds is 4. The molecule has 0 saturated heterocycles. The van der Waals surface area contributed by atoms with Crippen molar-refractivity contribution < 1.29 is 0 Å². The van der Waals surface area contributed by atoms with Crippen LogP contribution >= 0.6 is 0 Å². The molecule has 21 heavy (non-hydrogen) atoms. The van der Waals surface area contributed by atoms with E-state index < -0.39 is 0 Å². The van der Waals surface area contributed by atoms with Gasteiger partial charge in [-0.2, -0.15) is 0 Å². The Hall–Kier alpha value is -2.68. The van der Waals surface area contributed by atoms with E-state index >= 15 is 0 Å². The molecular formula is C18H17N3. The molecule has 1 atom stereocenters. The molecule has 3 heteroatoms. The van der Waals surface area contributed by atoms with Gasteiger partial charge in [-0.25, -0.2) is 4.68 Å². The lowest BCUT2D eigenvalue weighted by Crippen LogP contribution is -2.02. The fourth-order valence-corrected chi connectivity index (χ4v) is 2.12. The lowest BCUT2D eigenvalue weighted by atomic mass is 10.1. The summed E-state index contributed by atoms with van der Waals surface area (Å²) in [5, 5.41) is 8.46. The van der Waals surface area contributed by atoms with Gasteiger partial charge in [-0.15, -0.1) is 5.10 Å². The summed E-state index contributed by atoms with van der Waals surface area (Å²) < 4.78 is 1.88. The number of allylic oxidation sites excluding steroid dienone is 1. The first-order chi connectivity index (χ1) is 10.3. The van der Waals surface area contributed by atoms with Crippen molar-refractivity contribution >= 4 is 6.08 Å². The smallest absolute Gasteiger partial charge is 0.113 e. The average Bonchev–Trinajstić information content (AvgIpc) is 3.04. The maximum atomic E-state index is 4.24. The zero-order valence-electron chi connectivity index (χ0n) is 11.9. The first-order valence-corrected chi connectivity index (χ1v) is 7.03. The van der Waals surface area contributed by atoms with E-state index in [1.807, 2.05) is 59.4 Å². The van der Waals surface area contributed by atoms with E-state index in [9.17, 15) is 0 Å². The van der Waals surface area contributed by atoms with Crippen molar-refractivity contribution in [3.05, 3.63) is 78.5 Å². The molecule has 1 aromatic heterocycles. The minimum absolute atomic E-state index is 0.162. The summed E-state index contributed by atoms with van der Waals surface area (Å²) in [6, 6.07) is 20.5. The molecule has 0 saturated carbocycles. The third-order valence-electron chi connectivity index (χ3n) is 3.36. The summed E-state index contributed by atoms with van der Waals surface area (Å²) in [5.41, 5.74) is 3.17. The summed E-state index contributed by atoms with van der Waals surface area (Å²) in [7, 11) is 0. The molecule has 104 valence electrons.